The lowest BCUT2D eigenvalue weighted by Gasteiger charge is -2.29. The third kappa shape index (κ3) is 4.23. The molecule has 0 amide bonds. The van der Waals surface area contributed by atoms with E-state index in [1.807, 2.05) is 0 Å². The summed E-state index contributed by atoms with van der Waals surface area (Å²) in [4.78, 5) is 2.49. The van der Waals surface area contributed by atoms with E-state index < -0.39 is 0 Å². The van der Waals surface area contributed by atoms with E-state index in [-0.39, 0.29) is 0 Å². The minimum atomic E-state index is 0.696. The first-order valence-electron chi connectivity index (χ1n) is 7.80. The van der Waals surface area contributed by atoms with Crippen LogP contribution < -0.4 is 10.2 Å². The van der Waals surface area contributed by atoms with Gasteiger partial charge in [0.2, 0.25) is 0 Å². The Hall–Kier alpha value is -0.540. The SMILES string of the molecule is CC(C)CNCc1ccc(Br)cc1N(C)C1CCCC1. The number of hydrogen-bond donors (Lipinski definition) is 1. The number of anilines is 1. The summed E-state index contributed by atoms with van der Waals surface area (Å²) in [6, 6.07) is 7.38. The van der Waals surface area contributed by atoms with E-state index in [0.29, 0.717) is 12.0 Å². The Morgan fingerprint density at radius 1 is 1.30 bits per heavy atom. The molecule has 0 heterocycles. The summed E-state index contributed by atoms with van der Waals surface area (Å²) in [6.45, 7) is 6.53. The first kappa shape index (κ1) is 15.8. The zero-order valence-corrected chi connectivity index (χ0v) is 14.5. The van der Waals surface area contributed by atoms with Crippen molar-refractivity contribution < 1.29 is 0 Å². The molecule has 0 spiro atoms. The van der Waals surface area contributed by atoms with E-state index in [0.717, 1.165) is 13.1 Å². The van der Waals surface area contributed by atoms with Crippen molar-refractivity contribution in [2.75, 3.05) is 18.5 Å². The summed E-state index contributed by atoms with van der Waals surface area (Å²) < 4.78 is 1.17. The third-order valence-corrected chi connectivity index (χ3v) is 4.66. The molecule has 2 nitrogen and oxygen atoms in total. The minimum absolute atomic E-state index is 0.696. The normalized spacial score (nSPS) is 16.1. The lowest BCUT2D eigenvalue weighted by molar-refractivity contribution is 0.551. The number of hydrogen-bond acceptors (Lipinski definition) is 2. The number of benzene rings is 1. The standard InChI is InChI=1S/C17H27BrN2/c1-13(2)11-19-12-14-8-9-15(18)10-17(14)20(3)16-6-4-5-7-16/h8-10,13,16,19H,4-7,11-12H2,1-3H3. The zero-order valence-electron chi connectivity index (χ0n) is 13.0. The molecule has 0 radical (unpaired) electrons. The summed E-state index contributed by atoms with van der Waals surface area (Å²) in [5.41, 5.74) is 2.78. The molecule has 0 atom stereocenters. The molecular formula is C17H27BrN2. The number of nitrogens with zero attached hydrogens (tertiary/aromatic N) is 1. The van der Waals surface area contributed by atoms with Crippen molar-refractivity contribution in [2.45, 2.75) is 52.1 Å². The highest BCUT2D eigenvalue weighted by Gasteiger charge is 2.21. The van der Waals surface area contributed by atoms with Gasteiger partial charge in [-0.25, -0.2) is 0 Å². The van der Waals surface area contributed by atoms with Crippen LogP contribution >= 0.6 is 15.9 Å². The van der Waals surface area contributed by atoms with Gasteiger partial charge in [0.1, 0.15) is 0 Å². The second-order valence-corrected chi connectivity index (χ2v) is 7.26. The summed E-state index contributed by atoms with van der Waals surface area (Å²) in [5.74, 6) is 0.696. The van der Waals surface area contributed by atoms with Crippen LogP contribution in [0.4, 0.5) is 5.69 Å². The van der Waals surface area contributed by atoms with E-state index in [4.69, 9.17) is 0 Å². The molecule has 0 bridgehead atoms. The second kappa shape index (κ2) is 7.46. The van der Waals surface area contributed by atoms with Crippen LogP contribution in [0.3, 0.4) is 0 Å². The summed E-state index contributed by atoms with van der Waals surface area (Å²) in [6.07, 6.45) is 5.43. The Morgan fingerprint density at radius 2 is 2.00 bits per heavy atom. The molecule has 0 aromatic heterocycles. The van der Waals surface area contributed by atoms with E-state index in [2.05, 4.69) is 65.2 Å². The molecule has 2 rings (SSSR count). The van der Waals surface area contributed by atoms with Crippen LogP contribution in [-0.4, -0.2) is 19.6 Å². The van der Waals surface area contributed by atoms with Crippen LogP contribution in [-0.2, 0) is 6.54 Å². The lowest BCUT2D eigenvalue weighted by atomic mass is 10.1. The van der Waals surface area contributed by atoms with Crippen LogP contribution in [0.25, 0.3) is 0 Å². The molecule has 1 aromatic carbocycles. The van der Waals surface area contributed by atoms with E-state index in [1.54, 1.807) is 0 Å². The van der Waals surface area contributed by atoms with Gasteiger partial charge >= 0.3 is 0 Å². The Balaban J connectivity index is 2.10. The van der Waals surface area contributed by atoms with Gasteiger partial charge in [0.05, 0.1) is 0 Å². The zero-order chi connectivity index (χ0) is 14.5. The summed E-state index contributed by atoms with van der Waals surface area (Å²) in [7, 11) is 2.25. The van der Waals surface area contributed by atoms with Crippen LogP contribution in [0, 0.1) is 5.92 Å². The van der Waals surface area contributed by atoms with Crippen molar-refractivity contribution in [2.24, 2.45) is 5.92 Å². The van der Waals surface area contributed by atoms with Crippen molar-refractivity contribution in [1.82, 2.24) is 5.32 Å². The molecular weight excluding hydrogens is 312 g/mol. The van der Waals surface area contributed by atoms with Crippen LogP contribution in [0.5, 0.6) is 0 Å². The van der Waals surface area contributed by atoms with Gasteiger partial charge in [0, 0.05) is 29.8 Å². The van der Waals surface area contributed by atoms with E-state index in [9.17, 15) is 0 Å². The van der Waals surface area contributed by atoms with Crippen LogP contribution in [0.15, 0.2) is 22.7 Å². The Bertz CT molecular complexity index is 425. The van der Waals surface area contributed by atoms with Crippen molar-refractivity contribution in [3.8, 4) is 0 Å². The first-order chi connectivity index (χ1) is 9.58. The highest BCUT2D eigenvalue weighted by Crippen LogP contribution is 2.31. The van der Waals surface area contributed by atoms with E-state index >= 15 is 0 Å². The Morgan fingerprint density at radius 3 is 2.65 bits per heavy atom. The van der Waals surface area contributed by atoms with Gasteiger partial charge in [-0.3, -0.25) is 0 Å². The molecule has 1 aromatic rings. The fraction of sp³-hybridized carbons (Fsp3) is 0.647. The van der Waals surface area contributed by atoms with Crippen LogP contribution in [0.1, 0.15) is 45.1 Å². The van der Waals surface area contributed by atoms with Crippen molar-refractivity contribution >= 4 is 21.6 Å². The monoisotopic (exact) mass is 338 g/mol. The topological polar surface area (TPSA) is 15.3 Å². The quantitative estimate of drug-likeness (QED) is 0.816. The highest BCUT2D eigenvalue weighted by molar-refractivity contribution is 9.10. The van der Waals surface area contributed by atoms with Gasteiger partial charge in [-0.1, -0.05) is 48.7 Å². The maximum atomic E-state index is 3.62. The average molecular weight is 339 g/mol. The summed E-state index contributed by atoms with van der Waals surface area (Å²) >= 11 is 3.62. The maximum absolute atomic E-state index is 3.62. The summed E-state index contributed by atoms with van der Waals surface area (Å²) in [5, 5.41) is 3.56. The van der Waals surface area contributed by atoms with Crippen molar-refractivity contribution in [1.29, 1.82) is 0 Å². The van der Waals surface area contributed by atoms with Crippen molar-refractivity contribution in [3.05, 3.63) is 28.2 Å². The number of nitrogens with one attached hydrogen (secondary N) is 1. The molecule has 1 fully saturated rings. The lowest BCUT2D eigenvalue weighted by Crippen LogP contribution is -2.30. The molecule has 1 N–H and O–H groups in total. The molecule has 1 saturated carbocycles. The smallest absolute Gasteiger partial charge is 0.0423 e. The Labute approximate surface area is 132 Å². The molecule has 0 aliphatic heterocycles. The molecule has 112 valence electrons. The minimum Gasteiger partial charge on any atom is -0.371 e. The third-order valence-electron chi connectivity index (χ3n) is 4.17. The predicted octanol–water partition coefficient (Wildman–Crippen LogP) is 4.57. The second-order valence-electron chi connectivity index (χ2n) is 6.35. The largest absolute Gasteiger partial charge is 0.371 e. The van der Waals surface area contributed by atoms with Gasteiger partial charge in [-0.05, 0) is 43.0 Å². The molecule has 1 aliphatic carbocycles. The molecule has 1 aliphatic rings. The fourth-order valence-corrected chi connectivity index (χ4v) is 3.35. The van der Waals surface area contributed by atoms with Gasteiger partial charge in [0.25, 0.3) is 0 Å². The Kier molecular flexibility index (Phi) is 5.91. The van der Waals surface area contributed by atoms with Gasteiger partial charge in [-0.15, -0.1) is 0 Å². The van der Waals surface area contributed by atoms with Crippen molar-refractivity contribution in [3.63, 3.8) is 0 Å². The molecule has 20 heavy (non-hydrogen) atoms. The van der Waals surface area contributed by atoms with Gasteiger partial charge in [0.15, 0.2) is 0 Å². The van der Waals surface area contributed by atoms with Gasteiger partial charge in [-0.2, -0.15) is 0 Å². The molecule has 0 unspecified atom stereocenters. The first-order valence-corrected chi connectivity index (χ1v) is 8.59. The van der Waals surface area contributed by atoms with Crippen LogP contribution in [0.2, 0.25) is 0 Å². The fourth-order valence-electron chi connectivity index (χ4n) is 3.00. The molecule has 3 heteroatoms. The number of rotatable bonds is 6. The maximum Gasteiger partial charge on any atom is 0.0423 e. The predicted molar refractivity (Wildman–Crippen MR) is 91.3 cm³/mol. The number of halogens is 1. The highest BCUT2D eigenvalue weighted by atomic mass is 79.9. The van der Waals surface area contributed by atoms with E-state index in [1.165, 1.54) is 41.4 Å². The molecule has 0 saturated heterocycles. The van der Waals surface area contributed by atoms with Gasteiger partial charge < -0.3 is 10.2 Å². The average Bonchev–Trinajstić information content (AvgIpc) is 2.93.